The normalized spacial score (nSPS) is 13.4. The van der Waals surface area contributed by atoms with Crippen LogP contribution in [0.2, 0.25) is 0 Å². The predicted molar refractivity (Wildman–Crippen MR) is 81.7 cm³/mol. The molecule has 1 aromatic heterocycles. The van der Waals surface area contributed by atoms with E-state index in [1.165, 1.54) is 16.6 Å². The standard InChI is InChI=1S/C16H25N3/c1-6-14(9-17-11(2)3)19-10-18-15-7-12(4)13(5)8-16(15)19/h7-8,10-11,14,17H,6,9H2,1-5H3. The summed E-state index contributed by atoms with van der Waals surface area (Å²) in [6.07, 6.45) is 3.10. The Morgan fingerprint density at radius 1 is 1.21 bits per heavy atom. The molecule has 0 fully saturated rings. The number of nitrogens with zero attached hydrogens (tertiary/aromatic N) is 2. The Morgan fingerprint density at radius 3 is 2.53 bits per heavy atom. The highest BCUT2D eigenvalue weighted by Gasteiger charge is 2.13. The van der Waals surface area contributed by atoms with Crippen molar-refractivity contribution in [2.24, 2.45) is 0 Å². The summed E-state index contributed by atoms with van der Waals surface area (Å²) >= 11 is 0. The molecule has 0 aliphatic rings. The van der Waals surface area contributed by atoms with Gasteiger partial charge in [-0.1, -0.05) is 20.8 Å². The molecule has 0 amide bonds. The van der Waals surface area contributed by atoms with Crippen molar-refractivity contribution in [2.75, 3.05) is 6.54 Å². The van der Waals surface area contributed by atoms with Gasteiger partial charge >= 0.3 is 0 Å². The molecule has 104 valence electrons. The summed E-state index contributed by atoms with van der Waals surface area (Å²) < 4.78 is 2.32. The van der Waals surface area contributed by atoms with Crippen molar-refractivity contribution in [2.45, 2.75) is 53.1 Å². The average molecular weight is 259 g/mol. The van der Waals surface area contributed by atoms with Crippen molar-refractivity contribution in [3.63, 3.8) is 0 Å². The molecule has 0 saturated heterocycles. The second-order valence-electron chi connectivity index (χ2n) is 5.70. The van der Waals surface area contributed by atoms with Gasteiger partial charge in [0.15, 0.2) is 0 Å². The Bertz CT molecular complexity index is 554. The molecule has 0 saturated carbocycles. The minimum absolute atomic E-state index is 0.467. The number of fused-ring (bicyclic) bond motifs is 1. The quantitative estimate of drug-likeness (QED) is 0.889. The highest BCUT2D eigenvalue weighted by atomic mass is 15.1. The van der Waals surface area contributed by atoms with E-state index in [9.17, 15) is 0 Å². The van der Waals surface area contributed by atoms with Crippen LogP contribution in [0, 0.1) is 13.8 Å². The summed E-state index contributed by atoms with van der Waals surface area (Å²) in [5, 5.41) is 3.53. The van der Waals surface area contributed by atoms with Crippen molar-refractivity contribution >= 4 is 11.0 Å². The third-order valence-electron chi connectivity index (χ3n) is 3.82. The number of aryl methyl sites for hydroxylation is 2. The van der Waals surface area contributed by atoms with E-state index in [-0.39, 0.29) is 0 Å². The zero-order chi connectivity index (χ0) is 14.0. The first-order chi connectivity index (χ1) is 9.02. The lowest BCUT2D eigenvalue weighted by molar-refractivity contribution is 0.434. The summed E-state index contributed by atoms with van der Waals surface area (Å²) in [5.74, 6) is 0. The Hall–Kier alpha value is -1.35. The number of aromatic nitrogens is 2. The minimum Gasteiger partial charge on any atom is -0.326 e. The van der Waals surface area contributed by atoms with Crippen molar-refractivity contribution in [3.05, 3.63) is 29.6 Å². The number of hydrogen-bond acceptors (Lipinski definition) is 2. The van der Waals surface area contributed by atoms with E-state index in [0.29, 0.717) is 12.1 Å². The number of benzene rings is 1. The second kappa shape index (κ2) is 5.74. The Balaban J connectivity index is 2.35. The molecule has 1 unspecified atom stereocenters. The van der Waals surface area contributed by atoms with Crippen molar-refractivity contribution in [3.8, 4) is 0 Å². The molecule has 0 spiro atoms. The first kappa shape index (κ1) is 14.1. The maximum absolute atomic E-state index is 4.55. The predicted octanol–water partition coefficient (Wildman–Crippen LogP) is 3.60. The van der Waals surface area contributed by atoms with E-state index in [1.807, 2.05) is 6.33 Å². The molecule has 19 heavy (non-hydrogen) atoms. The smallest absolute Gasteiger partial charge is 0.0961 e. The number of imidazole rings is 1. The lowest BCUT2D eigenvalue weighted by Gasteiger charge is -2.20. The minimum atomic E-state index is 0.467. The molecule has 1 aromatic carbocycles. The van der Waals surface area contributed by atoms with Gasteiger partial charge in [-0.15, -0.1) is 0 Å². The van der Waals surface area contributed by atoms with E-state index < -0.39 is 0 Å². The van der Waals surface area contributed by atoms with Crippen molar-refractivity contribution in [1.29, 1.82) is 0 Å². The second-order valence-corrected chi connectivity index (χ2v) is 5.70. The van der Waals surface area contributed by atoms with E-state index in [4.69, 9.17) is 0 Å². The van der Waals surface area contributed by atoms with Gasteiger partial charge in [0.05, 0.1) is 17.4 Å². The van der Waals surface area contributed by atoms with E-state index in [0.717, 1.165) is 18.5 Å². The van der Waals surface area contributed by atoms with Crippen LogP contribution in [0.1, 0.15) is 44.4 Å². The highest BCUT2D eigenvalue weighted by Crippen LogP contribution is 2.22. The first-order valence-corrected chi connectivity index (χ1v) is 7.20. The topological polar surface area (TPSA) is 29.9 Å². The monoisotopic (exact) mass is 259 g/mol. The van der Waals surface area contributed by atoms with E-state index in [1.54, 1.807) is 0 Å². The van der Waals surface area contributed by atoms with Gasteiger partial charge in [-0.25, -0.2) is 4.98 Å². The van der Waals surface area contributed by atoms with Crippen LogP contribution in [0.4, 0.5) is 0 Å². The summed E-state index contributed by atoms with van der Waals surface area (Å²) in [7, 11) is 0. The zero-order valence-corrected chi connectivity index (χ0v) is 12.7. The van der Waals surface area contributed by atoms with Gasteiger partial charge in [0.25, 0.3) is 0 Å². The zero-order valence-electron chi connectivity index (χ0n) is 12.7. The Kier molecular flexibility index (Phi) is 4.25. The van der Waals surface area contributed by atoms with Crippen LogP contribution in [0.15, 0.2) is 18.5 Å². The molecule has 0 radical (unpaired) electrons. The number of nitrogens with one attached hydrogen (secondary N) is 1. The van der Waals surface area contributed by atoms with Crippen LogP contribution < -0.4 is 5.32 Å². The molecular formula is C16H25N3. The molecule has 3 nitrogen and oxygen atoms in total. The van der Waals surface area contributed by atoms with Gasteiger partial charge < -0.3 is 9.88 Å². The molecule has 1 N–H and O–H groups in total. The van der Waals surface area contributed by atoms with Gasteiger partial charge in [-0.2, -0.15) is 0 Å². The highest BCUT2D eigenvalue weighted by molar-refractivity contribution is 5.77. The molecule has 0 aliphatic carbocycles. The lowest BCUT2D eigenvalue weighted by Crippen LogP contribution is -2.30. The summed E-state index contributed by atoms with van der Waals surface area (Å²) in [6.45, 7) is 11.9. The number of rotatable bonds is 5. The third-order valence-corrected chi connectivity index (χ3v) is 3.82. The molecule has 3 heteroatoms. The van der Waals surface area contributed by atoms with Gasteiger partial charge in [0.2, 0.25) is 0 Å². The molecule has 2 aromatic rings. The molecule has 1 heterocycles. The largest absolute Gasteiger partial charge is 0.326 e. The SMILES string of the molecule is CCC(CNC(C)C)n1cnc2cc(C)c(C)cc21. The fourth-order valence-corrected chi connectivity index (χ4v) is 2.38. The summed E-state index contributed by atoms with van der Waals surface area (Å²) in [5.41, 5.74) is 5.00. The molecule has 1 atom stereocenters. The summed E-state index contributed by atoms with van der Waals surface area (Å²) in [4.78, 5) is 4.55. The lowest BCUT2D eigenvalue weighted by atomic mass is 10.1. The van der Waals surface area contributed by atoms with Crippen LogP contribution in [0.25, 0.3) is 11.0 Å². The maximum atomic E-state index is 4.55. The number of hydrogen-bond donors (Lipinski definition) is 1. The molecule has 0 bridgehead atoms. The maximum Gasteiger partial charge on any atom is 0.0961 e. The van der Waals surface area contributed by atoms with Gasteiger partial charge in [-0.05, 0) is 43.5 Å². The van der Waals surface area contributed by atoms with Crippen LogP contribution in [0.5, 0.6) is 0 Å². The summed E-state index contributed by atoms with van der Waals surface area (Å²) in [6, 6.07) is 5.43. The molecular weight excluding hydrogens is 234 g/mol. The van der Waals surface area contributed by atoms with Gasteiger partial charge in [0.1, 0.15) is 0 Å². The van der Waals surface area contributed by atoms with Gasteiger partial charge in [0, 0.05) is 18.6 Å². The Morgan fingerprint density at radius 2 is 1.89 bits per heavy atom. The average Bonchev–Trinajstić information content (AvgIpc) is 2.74. The Labute approximate surface area is 116 Å². The van der Waals surface area contributed by atoms with Crippen LogP contribution >= 0.6 is 0 Å². The van der Waals surface area contributed by atoms with Crippen molar-refractivity contribution < 1.29 is 0 Å². The third kappa shape index (κ3) is 2.98. The van der Waals surface area contributed by atoms with Crippen molar-refractivity contribution in [1.82, 2.24) is 14.9 Å². The van der Waals surface area contributed by atoms with Crippen LogP contribution in [-0.2, 0) is 0 Å². The van der Waals surface area contributed by atoms with E-state index in [2.05, 4.69) is 61.6 Å². The molecule has 0 aliphatic heterocycles. The first-order valence-electron chi connectivity index (χ1n) is 7.20. The van der Waals surface area contributed by atoms with Crippen LogP contribution in [0.3, 0.4) is 0 Å². The fraction of sp³-hybridized carbons (Fsp3) is 0.562. The van der Waals surface area contributed by atoms with Crippen LogP contribution in [-0.4, -0.2) is 22.1 Å². The van der Waals surface area contributed by atoms with Gasteiger partial charge in [-0.3, -0.25) is 0 Å². The van der Waals surface area contributed by atoms with E-state index >= 15 is 0 Å². The molecule has 2 rings (SSSR count). The fourth-order valence-electron chi connectivity index (χ4n) is 2.38.